The summed E-state index contributed by atoms with van der Waals surface area (Å²) in [6.45, 7) is -0.829. The third-order valence-corrected chi connectivity index (χ3v) is 3.38. The number of hydrogen-bond donors (Lipinski definition) is 0. The van der Waals surface area contributed by atoms with Crippen LogP contribution in [0.5, 0.6) is 11.8 Å². The van der Waals surface area contributed by atoms with Crippen molar-refractivity contribution >= 4 is 22.8 Å². The van der Waals surface area contributed by atoms with Crippen molar-refractivity contribution in [2.24, 2.45) is 0 Å². The van der Waals surface area contributed by atoms with Crippen LogP contribution in [0.1, 0.15) is 6.92 Å². The Morgan fingerprint density at radius 3 is 2.60 bits per heavy atom. The fourth-order valence-electron chi connectivity index (χ4n) is 2.15. The summed E-state index contributed by atoms with van der Waals surface area (Å²) in [5, 5.41) is -0.270. The minimum Gasteiger partial charge on any atom is -0.464 e. The van der Waals surface area contributed by atoms with Crippen LogP contribution >= 0.6 is 11.6 Å². The lowest BCUT2D eigenvalue weighted by atomic mass is 10.3. The molecule has 0 saturated heterocycles. The normalized spacial score (nSPS) is 11.1. The highest BCUT2D eigenvalue weighted by molar-refractivity contribution is 6.29. The molecule has 0 bridgehead atoms. The Kier molecular flexibility index (Phi) is 4.75. The Morgan fingerprint density at radius 2 is 1.96 bits per heavy atom. The van der Waals surface area contributed by atoms with Crippen LogP contribution in [-0.4, -0.2) is 32.7 Å². The molecular weight excluding hydrogens is 358 g/mol. The zero-order valence-electron chi connectivity index (χ0n) is 12.8. The summed E-state index contributed by atoms with van der Waals surface area (Å²) in [6.07, 6.45) is 1.38. The van der Waals surface area contributed by atoms with Crippen LogP contribution in [0, 0.1) is 0 Å². The molecule has 0 radical (unpaired) electrons. The van der Waals surface area contributed by atoms with E-state index in [4.69, 9.17) is 16.3 Å². The van der Waals surface area contributed by atoms with Gasteiger partial charge in [0.05, 0.1) is 18.5 Å². The molecule has 0 aliphatic rings. The molecule has 0 unspecified atom stereocenters. The minimum absolute atomic E-state index is 0.0408. The van der Waals surface area contributed by atoms with Gasteiger partial charge in [-0.2, -0.15) is 13.8 Å². The number of hydrogen-bond acceptors (Lipinski definition) is 6. The first-order valence-electron chi connectivity index (χ1n) is 7.13. The smallest absolute Gasteiger partial charge is 0.387 e. The van der Waals surface area contributed by atoms with Crippen molar-refractivity contribution in [2.75, 3.05) is 6.61 Å². The summed E-state index contributed by atoms with van der Waals surface area (Å²) in [4.78, 5) is 24.5. The van der Waals surface area contributed by atoms with Crippen molar-refractivity contribution in [1.29, 1.82) is 0 Å². The summed E-state index contributed by atoms with van der Waals surface area (Å²) in [5.74, 6) is -0.0408. The lowest BCUT2D eigenvalue weighted by Gasteiger charge is -2.11. The van der Waals surface area contributed by atoms with Gasteiger partial charge >= 0.3 is 12.6 Å². The molecule has 0 spiro atoms. The summed E-state index contributed by atoms with van der Waals surface area (Å²) < 4.78 is 35.2. The molecule has 130 valence electrons. The van der Waals surface area contributed by atoms with E-state index in [0.29, 0.717) is 12.3 Å². The predicted octanol–water partition coefficient (Wildman–Crippen LogP) is 2.83. The molecule has 25 heavy (non-hydrogen) atoms. The van der Waals surface area contributed by atoms with Gasteiger partial charge < -0.3 is 9.47 Å². The fraction of sp³-hybridized carbons (Fsp3) is 0.200. The Morgan fingerprint density at radius 1 is 1.24 bits per heavy atom. The third kappa shape index (κ3) is 3.50. The van der Waals surface area contributed by atoms with E-state index in [1.165, 1.54) is 35.0 Å². The summed E-state index contributed by atoms with van der Waals surface area (Å²) in [5.41, 5.74) is 0.191. The van der Waals surface area contributed by atoms with Gasteiger partial charge in [0.1, 0.15) is 11.3 Å². The van der Waals surface area contributed by atoms with Gasteiger partial charge in [-0.3, -0.25) is 9.36 Å². The summed E-state index contributed by atoms with van der Waals surface area (Å²) >= 11 is 5.89. The van der Waals surface area contributed by atoms with E-state index in [1.54, 1.807) is 6.92 Å². The lowest BCUT2D eigenvalue weighted by molar-refractivity contribution is -0.0498. The van der Waals surface area contributed by atoms with Crippen LogP contribution in [0.4, 0.5) is 8.78 Å². The molecule has 2 aromatic heterocycles. The van der Waals surface area contributed by atoms with Gasteiger partial charge in [-0.15, -0.1) is 0 Å². The molecule has 0 atom stereocenters. The second kappa shape index (κ2) is 6.98. The number of ether oxygens (including phenoxy) is 2. The molecule has 2 heterocycles. The Labute approximate surface area is 144 Å². The quantitative estimate of drug-likeness (QED) is 0.689. The second-order valence-electron chi connectivity index (χ2n) is 4.71. The monoisotopic (exact) mass is 368 g/mol. The van der Waals surface area contributed by atoms with Gasteiger partial charge in [0, 0.05) is 0 Å². The molecule has 1 aromatic carbocycles. The first-order valence-corrected chi connectivity index (χ1v) is 7.50. The van der Waals surface area contributed by atoms with Crippen LogP contribution in [0.25, 0.3) is 16.9 Å². The van der Waals surface area contributed by atoms with E-state index in [9.17, 15) is 13.6 Å². The second-order valence-corrected chi connectivity index (χ2v) is 5.07. The van der Waals surface area contributed by atoms with Crippen LogP contribution in [0.3, 0.4) is 0 Å². The molecule has 0 amide bonds. The van der Waals surface area contributed by atoms with E-state index >= 15 is 0 Å². The van der Waals surface area contributed by atoms with Crippen molar-refractivity contribution in [3.05, 3.63) is 46.0 Å². The molecule has 3 aromatic rings. The van der Waals surface area contributed by atoms with Gasteiger partial charge in [-0.1, -0.05) is 11.6 Å². The van der Waals surface area contributed by atoms with Crippen molar-refractivity contribution in [2.45, 2.75) is 13.5 Å². The fourth-order valence-corrected chi connectivity index (χ4v) is 2.33. The van der Waals surface area contributed by atoms with Crippen molar-refractivity contribution in [1.82, 2.24) is 19.5 Å². The van der Waals surface area contributed by atoms with Crippen LogP contribution < -0.4 is 15.0 Å². The van der Waals surface area contributed by atoms with Crippen LogP contribution in [0.15, 0.2) is 35.3 Å². The maximum Gasteiger partial charge on any atom is 0.387 e. The average Bonchev–Trinajstić information content (AvgIpc) is 2.57. The first kappa shape index (κ1) is 17.0. The van der Waals surface area contributed by atoms with Gasteiger partial charge in [0.2, 0.25) is 0 Å². The number of benzene rings is 1. The number of alkyl halides is 2. The number of aromatic nitrogens is 4. The SMILES string of the molecule is CCOc1ncc2nc(Cl)c(=O)n(-c3ccc(OC(F)F)cc3)c2n1. The standard InChI is InChI=1S/C15H11ClF2N4O3/c1-2-24-15-19-7-10-12(21-15)22(13(23)11(16)20-10)8-3-5-9(6-4-8)25-14(17)18/h3-7,14H,2H2,1H3. The van der Waals surface area contributed by atoms with Gasteiger partial charge in [0.25, 0.3) is 5.56 Å². The van der Waals surface area contributed by atoms with Crippen molar-refractivity contribution < 1.29 is 18.3 Å². The van der Waals surface area contributed by atoms with E-state index in [0.717, 1.165) is 0 Å². The highest BCUT2D eigenvalue weighted by Gasteiger charge is 2.14. The highest BCUT2D eigenvalue weighted by atomic mass is 35.5. The topological polar surface area (TPSA) is 79.1 Å². The van der Waals surface area contributed by atoms with Crippen LogP contribution in [-0.2, 0) is 0 Å². The number of rotatable bonds is 5. The maximum absolute atomic E-state index is 12.4. The van der Waals surface area contributed by atoms with E-state index in [2.05, 4.69) is 19.7 Å². The Hall–Kier alpha value is -2.81. The lowest BCUT2D eigenvalue weighted by Crippen LogP contribution is -2.21. The van der Waals surface area contributed by atoms with Gasteiger partial charge in [-0.05, 0) is 31.2 Å². The zero-order chi connectivity index (χ0) is 18.0. The number of halogens is 3. The molecule has 3 rings (SSSR count). The maximum atomic E-state index is 12.4. The predicted molar refractivity (Wildman–Crippen MR) is 85.7 cm³/mol. The van der Waals surface area contributed by atoms with Crippen LogP contribution in [0.2, 0.25) is 5.15 Å². The van der Waals surface area contributed by atoms with Gasteiger partial charge in [-0.25, -0.2) is 9.97 Å². The summed E-state index contributed by atoms with van der Waals surface area (Å²) in [6, 6.07) is 5.54. The Bertz CT molecular complexity index is 963. The minimum atomic E-state index is -2.94. The number of nitrogens with zero attached hydrogens (tertiary/aromatic N) is 4. The van der Waals surface area contributed by atoms with Crippen molar-refractivity contribution in [3.63, 3.8) is 0 Å². The van der Waals surface area contributed by atoms with Gasteiger partial charge in [0.15, 0.2) is 10.8 Å². The first-order chi connectivity index (χ1) is 12.0. The van der Waals surface area contributed by atoms with Crippen molar-refractivity contribution in [3.8, 4) is 17.4 Å². The van der Waals surface area contributed by atoms with E-state index in [1.807, 2.05) is 0 Å². The molecule has 0 N–H and O–H groups in total. The van der Waals surface area contributed by atoms with E-state index < -0.39 is 12.2 Å². The molecule has 0 saturated carbocycles. The molecule has 0 fully saturated rings. The highest BCUT2D eigenvalue weighted by Crippen LogP contribution is 2.20. The average molecular weight is 369 g/mol. The molecule has 0 aliphatic carbocycles. The molecular formula is C15H11ClF2N4O3. The summed E-state index contributed by atoms with van der Waals surface area (Å²) in [7, 11) is 0. The molecule has 0 aliphatic heterocycles. The number of fused-ring (bicyclic) bond motifs is 1. The Balaban J connectivity index is 2.17. The van der Waals surface area contributed by atoms with E-state index in [-0.39, 0.29) is 28.1 Å². The molecule has 10 heteroatoms. The zero-order valence-corrected chi connectivity index (χ0v) is 13.6. The third-order valence-electron chi connectivity index (χ3n) is 3.13. The largest absolute Gasteiger partial charge is 0.464 e. The molecule has 7 nitrogen and oxygen atoms in total.